The highest BCUT2D eigenvalue weighted by Crippen LogP contribution is 2.28. The molecule has 0 unspecified atom stereocenters. The van der Waals surface area contributed by atoms with Crippen molar-refractivity contribution in [3.8, 4) is 5.75 Å². The number of benzene rings is 1. The standard InChI is InChI=1S/C19H29F2N3O2.HI/c1-2-22-19(23-9-4-10-25-13-15-7-8-15)24-12-16-5-3-6-17(11-16)26-14-18(20)21;/h3,5-6,11,15,18H,2,4,7-10,12-14H2,1H3,(H2,22,23,24);1H. The monoisotopic (exact) mass is 497 g/mol. The van der Waals surface area contributed by atoms with Crippen LogP contribution in [0.2, 0.25) is 0 Å². The Labute approximate surface area is 177 Å². The number of alkyl halides is 2. The van der Waals surface area contributed by atoms with E-state index in [1.165, 1.54) is 12.8 Å². The van der Waals surface area contributed by atoms with E-state index < -0.39 is 13.0 Å². The highest BCUT2D eigenvalue weighted by atomic mass is 127. The molecule has 1 fully saturated rings. The van der Waals surface area contributed by atoms with Crippen molar-refractivity contribution in [2.75, 3.05) is 32.9 Å². The van der Waals surface area contributed by atoms with Gasteiger partial charge < -0.3 is 20.1 Å². The van der Waals surface area contributed by atoms with Gasteiger partial charge in [-0.15, -0.1) is 24.0 Å². The average Bonchev–Trinajstić information content (AvgIpc) is 3.45. The second-order valence-corrected chi connectivity index (χ2v) is 6.34. The molecule has 0 spiro atoms. The summed E-state index contributed by atoms with van der Waals surface area (Å²) in [5, 5.41) is 6.47. The Balaban J connectivity index is 0.00000364. The van der Waals surface area contributed by atoms with Gasteiger partial charge in [-0.1, -0.05) is 12.1 Å². The molecule has 2 N–H and O–H groups in total. The molecule has 154 valence electrons. The van der Waals surface area contributed by atoms with Crippen LogP contribution in [0, 0.1) is 5.92 Å². The predicted octanol–water partition coefficient (Wildman–Crippen LogP) is 3.82. The van der Waals surface area contributed by atoms with Gasteiger partial charge in [-0.25, -0.2) is 13.8 Å². The fraction of sp³-hybridized carbons (Fsp3) is 0.632. The summed E-state index contributed by atoms with van der Waals surface area (Å²) >= 11 is 0. The number of nitrogens with zero attached hydrogens (tertiary/aromatic N) is 1. The maximum absolute atomic E-state index is 12.2. The SMILES string of the molecule is CCNC(=NCc1cccc(OCC(F)F)c1)NCCCOCC1CC1.I. The van der Waals surface area contributed by atoms with Crippen molar-refractivity contribution in [2.24, 2.45) is 10.9 Å². The quantitative estimate of drug-likeness (QED) is 0.200. The van der Waals surface area contributed by atoms with Gasteiger partial charge >= 0.3 is 0 Å². The summed E-state index contributed by atoms with van der Waals surface area (Å²) in [6, 6.07) is 7.08. The lowest BCUT2D eigenvalue weighted by atomic mass is 10.2. The first-order chi connectivity index (χ1) is 12.7. The largest absolute Gasteiger partial charge is 0.488 e. The zero-order valence-corrected chi connectivity index (χ0v) is 18.1. The summed E-state index contributed by atoms with van der Waals surface area (Å²) in [6.07, 6.45) is 1.07. The molecule has 1 aliphatic rings. The third kappa shape index (κ3) is 11.3. The van der Waals surface area contributed by atoms with Crippen LogP contribution in [0.4, 0.5) is 8.78 Å². The van der Waals surface area contributed by atoms with Gasteiger partial charge in [-0.3, -0.25) is 0 Å². The molecule has 2 rings (SSSR count). The van der Waals surface area contributed by atoms with Crippen LogP contribution in [-0.4, -0.2) is 45.3 Å². The van der Waals surface area contributed by atoms with Gasteiger partial charge in [0.25, 0.3) is 6.43 Å². The molecule has 1 aromatic carbocycles. The fourth-order valence-corrected chi connectivity index (χ4v) is 2.32. The number of ether oxygens (including phenoxy) is 2. The molecule has 0 heterocycles. The minimum absolute atomic E-state index is 0. The summed E-state index contributed by atoms with van der Waals surface area (Å²) < 4.78 is 35.1. The van der Waals surface area contributed by atoms with Crippen molar-refractivity contribution < 1.29 is 18.3 Å². The fourth-order valence-electron chi connectivity index (χ4n) is 2.32. The highest BCUT2D eigenvalue weighted by Gasteiger charge is 2.20. The summed E-state index contributed by atoms with van der Waals surface area (Å²) in [6.45, 7) is 5.05. The summed E-state index contributed by atoms with van der Waals surface area (Å²) in [5.74, 6) is 1.96. The molecule has 0 bridgehead atoms. The second kappa shape index (κ2) is 13.9. The van der Waals surface area contributed by atoms with Gasteiger partial charge in [0.1, 0.15) is 12.4 Å². The third-order valence-corrected chi connectivity index (χ3v) is 3.85. The van der Waals surface area contributed by atoms with Crippen LogP contribution < -0.4 is 15.4 Å². The van der Waals surface area contributed by atoms with E-state index in [0.717, 1.165) is 50.2 Å². The van der Waals surface area contributed by atoms with Crippen LogP contribution in [0.1, 0.15) is 31.7 Å². The Morgan fingerprint density at radius 1 is 1.30 bits per heavy atom. The van der Waals surface area contributed by atoms with Crippen LogP contribution in [0.5, 0.6) is 5.75 Å². The summed E-state index contributed by atoms with van der Waals surface area (Å²) in [5.41, 5.74) is 0.904. The van der Waals surface area contributed by atoms with Crippen molar-refractivity contribution in [3.63, 3.8) is 0 Å². The average molecular weight is 497 g/mol. The predicted molar refractivity (Wildman–Crippen MR) is 114 cm³/mol. The van der Waals surface area contributed by atoms with Crippen molar-refractivity contribution in [3.05, 3.63) is 29.8 Å². The van der Waals surface area contributed by atoms with E-state index in [1.54, 1.807) is 18.2 Å². The maximum Gasteiger partial charge on any atom is 0.272 e. The molecule has 0 atom stereocenters. The number of hydrogen-bond acceptors (Lipinski definition) is 3. The zero-order chi connectivity index (χ0) is 18.6. The van der Waals surface area contributed by atoms with Crippen LogP contribution in [-0.2, 0) is 11.3 Å². The van der Waals surface area contributed by atoms with E-state index in [4.69, 9.17) is 9.47 Å². The summed E-state index contributed by atoms with van der Waals surface area (Å²) in [4.78, 5) is 4.53. The van der Waals surface area contributed by atoms with Gasteiger partial charge in [0, 0.05) is 26.3 Å². The van der Waals surface area contributed by atoms with Crippen molar-refractivity contribution in [1.82, 2.24) is 10.6 Å². The Bertz CT molecular complexity index is 558. The maximum atomic E-state index is 12.2. The second-order valence-electron chi connectivity index (χ2n) is 6.34. The molecular weight excluding hydrogens is 467 g/mol. The van der Waals surface area contributed by atoms with Gasteiger partial charge in [0.2, 0.25) is 0 Å². The molecule has 1 aromatic rings. The Morgan fingerprint density at radius 2 is 2.11 bits per heavy atom. The van der Waals surface area contributed by atoms with Gasteiger partial charge in [-0.2, -0.15) is 0 Å². The zero-order valence-electron chi connectivity index (χ0n) is 15.8. The van der Waals surface area contributed by atoms with Crippen LogP contribution in [0.15, 0.2) is 29.3 Å². The van der Waals surface area contributed by atoms with Gasteiger partial charge in [-0.05, 0) is 49.8 Å². The number of rotatable bonds is 12. The van der Waals surface area contributed by atoms with Crippen LogP contribution >= 0.6 is 24.0 Å². The molecule has 27 heavy (non-hydrogen) atoms. The Morgan fingerprint density at radius 3 is 2.81 bits per heavy atom. The molecule has 1 saturated carbocycles. The first-order valence-corrected chi connectivity index (χ1v) is 9.27. The van der Waals surface area contributed by atoms with Crippen LogP contribution in [0.25, 0.3) is 0 Å². The van der Waals surface area contributed by atoms with Gasteiger partial charge in [0.05, 0.1) is 6.54 Å². The van der Waals surface area contributed by atoms with Gasteiger partial charge in [0.15, 0.2) is 5.96 Å². The lowest BCUT2D eigenvalue weighted by molar-refractivity contribution is 0.0818. The molecular formula is C19H30F2IN3O2. The number of aliphatic imine (C=N–C) groups is 1. The normalized spacial score (nSPS) is 14.0. The molecule has 5 nitrogen and oxygen atoms in total. The summed E-state index contributed by atoms with van der Waals surface area (Å²) in [7, 11) is 0. The molecule has 0 saturated heterocycles. The topological polar surface area (TPSA) is 54.9 Å². The molecule has 1 aliphatic carbocycles. The number of halogens is 3. The van der Waals surface area contributed by atoms with E-state index in [9.17, 15) is 8.78 Å². The van der Waals surface area contributed by atoms with E-state index in [-0.39, 0.29) is 24.0 Å². The molecule has 0 radical (unpaired) electrons. The highest BCUT2D eigenvalue weighted by molar-refractivity contribution is 14.0. The first-order valence-electron chi connectivity index (χ1n) is 9.27. The Kier molecular flexibility index (Phi) is 12.3. The van der Waals surface area contributed by atoms with E-state index in [0.29, 0.717) is 12.3 Å². The Hall–Kier alpha value is -1.16. The van der Waals surface area contributed by atoms with E-state index >= 15 is 0 Å². The minimum Gasteiger partial charge on any atom is -0.488 e. The molecule has 8 heteroatoms. The lowest BCUT2D eigenvalue weighted by Crippen LogP contribution is -2.38. The lowest BCUT2D eigenvalue weighted by Gasteiger charge is -2.12. The van der Waals surface area contributed by atoms with E-state index in [1.807, 2.05) is 13.0 Å². The number of hydrogen-bond donors (Lipinski definition) is 2. The molecule has 0 aromatic heterocycles. The van der Waals surface area contributed by atoms with Crippen molar-refractivity contribution in [2.45, 2.75) is 39.2 Å². The van der Waals surface area contributed by atoms with E-state index in [2.05, 4.69) is 15.6 Å². The van der Waals surface area contributed by atoms with Crippen molar-refractivity contribution in [1.29, 1.82) is 0 Å². The minimum atomic E-state index is -2.48. The van der Waals surface area contributed by atoms with Crippen LogP contribution in [0.3, 0.4) is 0 Å². The molecule has 0 amide bonds. The number of guanidine groups is 1. The third-order valence-electron chi connectivity index (χ3n) is 3.85. The first kappa shape index (κ1) is 23.9. The van der Waals surface area contributed by atoms with Crippen molar-refractivity contribution >= 4 is 29.9 Å². The smallest absolute Gasteiger partial charge is 0.272 e. The number of nitrogens with one attached hydrogen (secondary N) is 2. The molecule has 0 aliphatic heterocycles.